The molecule has 1 fully saturated rings. The molecule has 5 nitrogen and oxygen atoms in total. The van der Waals surface area contributed by atoms with E-state index in [1.807, 2.05) is 48.5 Å². The number of benzene rings is 2. The summed E-state index contributed by atoms with van der Waals surface area (Å²) in [5.41, 5.74) is 8.07. The summed E-state index contributed by atoms with van der Waals surface area (Å²) in [5.74, 6) is -0.313. The molecule has 1 aliphatic heterocycles. The Morgan fingerprint density at radius 1 is 1.15 bits per heavy atom. The van der Waals surface area contributed by atoms with E-state index in [0.29, 0.717) is 31.0 Å². The number of likely N-dealkylation sites (tertiary alicyclic amines) is 1. The van der Waals surface area contributed by atoms with Gasteiger partial charge in [0.05, 0.1) is 6.04 Å². The maximum atomic E-state index is 12.8. The van der Waals surface area contributed by atoms with Gasteiger partial charge in [-0.15, -0.1) is 0 Å². The molecule has 2 aromatic rings. The average Bonchev–Trinajstić information content (AvgIpc) is 3.16. The van der Waals surface area contributed by atoms with Crippen LogP contribution in [0.5, 0.6) is 0 Å². The van der Waals surface area contributed by atoms with E-state index in [9.17, 15) is 9.59 Å². The zero-order valence-electron chi connectivity index (χ0n) is 15.1. The highest BCUT2D eigenvalue weighted by atomic mass is 35.5. The standard InChI is InChI=1S/C21H24ClN3O2/c22-17-9-4-8-16(12-17)14-24-20(26)19-10-5-11-25(19)21(27)18(23)13-15-6-2-1-3-7-15/h1-4,6-9,12,18-19H,5,10-11,13-14,23H2,(H,24,26)/t18-,19?/m1/s1. The predicted molar refractivity (Wildman–Crippen MR) is 106 cm³/mol. The summed E-state index contributed by atoms with van der Waals surface area (Å²) < 4.78 is 0. The van der Waals surface area contributed by atoms with E-state index in [2.05, 4.69) is 5.32 Å². The van der Waals surface area contributed by atoms with E-state index in [1.165, 1.54) is 0 Å². The van der Waals surface area contributed by atoms with E-state index >= 15 is 0 Å². The Morgan fingerprint density at radius 3 is 2.63 bits per heavy atom. The van der Waals surface area contributed by atoms with Gasteiger partial charge in [0.2, 0.25) is 11.8 Å². The molecule has 0 spiro atoms. The lowest BCUT2D eigenvalue weighted by atomic mass is 10.1. The fourth-order valence-electron chi connectivity index (χ4n) is 3.43. The summed E-state index contributed by atoms with van der Waals surface area (Å²) in [6, 6.07) is 15.9. The minimum Gasteiger partial charge on any atom is -0.350 e. The van der Waals surface area contributed by atoms with E-state index in [1.54, 1.807) is 11.0 Å². The van der Waals surface area contributed by atoms with Crippen LogP contribution in [0.4, 0.5) is 0 Å². The molecule has 142 valence electrons. The lowest BCUT2D eigenvalue weighted by molar-refractivity contribution is -0.139. The second-order valence-corrected chi connectivity index (χ2v) is 7.27. The molecule has 3 rings (SSSR count). The molecule has 1 saturated heterocycles. The Morgan fingerprint density at radius 2 is 1.89 bits per heavy atom. The van der Waals surface area contributed by atoms with Gasteiger partial charge in [0.15, 0.2) is 0 Å². The molecule has 2 atom stereocenters. The number of nitrogens with two attached hydrogens (primary N) is 1. The zero-order valence-corrected chi connectivity index (χ0v) is 15.9. The fourth-order valence-corrected chi connectivity index (χ4v) is 3.64. The normalized spacial score (nSPS) is 17.6. The molecular formula is C21H24ClN3O2. The molecule has 2 amide bonds. The SMILES string of the molecule is N[C@H](Cc1ccccc1)C(=O)N1CCCC1C(=O)NCc1cccc(Cl)c1. The van der Waals surface area contributed by atoms with Crippen LogP contribution in [-0.2, 0) is 22.6 Å². The van der Waals surface area contributed by atoms with E-state index < -0.39 is 12.1 Å². The Kier molecular flexibility index (Phi) is 6.48. The lowest BCUT2D eigenvalue weighted by Gasteiger charge is -2.26. The first kappa shape index (κ1) is 19.4. The molecule has 3 N–H and O–H groups in total. The summed E-state index contributed by atoms with van der Waals surface area (Å²) in [7, 11) is 0. The summed E-state index contributed by atoms with van der Waals surface area (Å²) in [6.45, 7) is 0.949. The minimum absolute atomic E-state index is 0.146. The average molecular weight is 386 g/mol. The third-order valence-electron chi connectivity index (χ3n) is 4.81. The van der Waals surface area contributed by atoms with Gasteiger partial charge in [-0.2, -0.15) is 0 Å². The Labute approximate surface area is 164 Å². The maximum absolute atomic E-state index is 12.8. The number of rotatable bonds is 6. The number of hydrogen-bond acceptors (Lipinski definition) is 3. The third-order valence-corrected chi connectivity index (χ3v) is 5.05. The maximum Gasteiger partial charge on any atom is 0.243 e. The Hall–Kier alpha value is -2.37. The first-order valence-corrected chi connectivity index (χ1v) is 9.54. The minimum atomic E-state index is -0.645. The van der Waals surface area contributed by atoms with Crippen LogP contribution < -0.4 is 11.1 Å². The Balaban J connectivity index is 1.58. The smallest absolute Gasteiger partial charge is 0.243 e. The molecule has 6 heteroatoms. The molecule has 0 saturated carbocycles. The molecule has 1 heterocycles. The zero-order chi connectivity index (χ0) is 19.2. The van der Waals surface area contributed by atoms with Crippen molar-refractivity contribution in [2.45, 2.75) is 37.9 Å². The highest BCUT2D eigenvalue weighted by molar-refractivity contribution is 6.30. The molecule has 0 aliphatic carbocycles. The van der Waals surface area contributed by atoms with E-state index in [4.69, 9.17) is 17.3 Å². The summed E-state index contributed by atoms with van der Waals surface area (Å²) in [6.07, 6.45) is 1.93. The van der Waals surface area contributed by atoms with Gasteiger partial charge < -0.3 is 16.0 Å². The third kappa shape index (κ3) is 5.08. The number of halogens is 1. The van der Waals surface area contributed by atoms with Gasteiger partial charge in [-0.05, 0) is 42.5 Å². The van der Waals surface area contributed by atoms with Crippen LogP contribution in [0, 0.1) is 0 Å². The van der Waals surface area contributed by atoms with Crippen LogP contribution in [0.1, 0.15) is 24.0 Å². The van der Waals surface area contributed by atoms with Crippen LogP contribution in [-0.4, -0.2) is 35.3 Å². The highest BCUT2D eigenvalue weighted by Crippen LogP contribution is 2.19. The molecule has 0 bridgehead atoms. The van der Waals surface area contributed by atoms with E-state index in [-0.39, 0.29) is 11.8 Å². The molecule has 27 heavy (non-hydrogen) atoms. The lowest BCUT2D eigenvalue weighted by Crippen LogP contribution is -2.51. The van der Waals surface area contributed by atoms with Crippen LogP contribution in [0.2, 0.25) is 5.02 Å². The summed E-state index contributed by atoms with van der Waals surface area (Å²) in [5, 5.41) is 3.54. The van der Waals surface area contributed by atoms with Gasteiger partial charge in [0.1, 0.15) is 6.04 Å². The molecule has 1 aliphatic rings. The predicted octanol–water partition coefficient (Wildman–Crippen LogP) is 2.52. The van der Waals surface area contributed by atoms with Gasteiger partial charge in [0.25, 0.3) is 0 Å². The van der Waals surface area contributed by atoms with Crippen LogP contribution in [0.25, 0.3) is 0 Å². The molecule has 2 aromatic carbocycles. The topological polar surface area (TPSA) is 75.4 Å². The number of nitrogens with zero attached hydrogens (tertiary/aromatic N) is 1. The molecule has 0 radical (unpaired) electrons. The molecule has 0 aromatic heterocycles. The monoisotopic (exact) mass is 385 g/mol. The van der Waals surface area contributed by atoms with Crippen molar-refractivity contribution in [3.8, 4) is 0 Å². The second-order valence-electron chi connectivity index (χ2n) is 6.83. The molecular weight excluding hydrogens is 362 g/mol. The first-order chi connectivity index (χ1) is 13.0. The van der Waals surface area contributed by atoms with Crippen molar-refractivity contribution in [2.75, 3.05) is 6.54 Å². The van der Waals surface area contributed by atoms with E-state index in [0.717, 1.165) is 17.5 Å². The largest absolute Gasteiger partial charge is 0.350 e. The quantitative estimate of drug-likeness (QED) is 0.802. The Bertz CT molecular complexity index is 797. The first-order valence-electron chi connectivity index (χ1n) is 9.17. The van der Waals surface area contributed by atoms with Crippen LogP contribution >= 0.6 is 11.6 Å². The number of nitrogens with one attached hydrogen (secondary N) is 1. The number of carbonyl (C=O) groups excluding carboxylic acids is 2. The van der Waals surface area contributed by atoms with Gasteiger partial charge >= 0.3 is 0 Å². The summed E-state index contributed by atoms with van der Waals surface area (Å²) in [4.78, 5) is 27.0. The summed E-state index contributed by atoms with van der Waals surface area (Å²) >= 11 is 5.97. The van der Waals surface area contributed by atoms with Crippen LogP contribution in [0.15, 0.2) is 54.6 Å². The van der Waals surface area contributed by atoms with Gasteiger partial charge in [-0.3, -0.25) is 9.59 Å². The highest BCUT2D eigenvalue weighted by Gasteiger charge is 2.35. The van der Waals surface area contributed by atoms with Crippen molar-refractivity contribution in [2.24, 2.45) is 5.73 Å². The number of carbonyl (C=O) groups is 2. The number of hydrogen-bond donors (Lipinski definition) is 2. The van der Waals surface area contributed by atoms with Crippen LogP contribution in [0.3, 0.4) is 0 Å². The van der Waals surface area contributed by atoms with Crippen molar-refractivity contribution in [1.82, 2.24) is 10.2 Å². The fraction of sp³-hybridized carbons (Fsp3) is 0.333. The van der Waals surface area contributed by atoms with Gasteiger partial charge in [-0.1, -0.05) is 54.1 Å². The van der Waals surface area contributed by atoms with Crippen molar-refractivity contribution in [3.05, 3.63) is 70.7 Å². The second kappa shape index (κ2) is 9.02. The van der Waals surface area contributed by atoms with Gasteiger partial charge in [0, 0.05) is 18.1 Å². The van der Waals surface area contributed by atoms with Crippen molar-refractivity contribution < 1.29 is 9.59 Å². The number of amides is 2. The molecule has 1 unspecified atom stereocenters. The van der Waals surface area contributed by atoms with Crippen molar-refractivity contribution in [1.29, 1.82) is 0 Å². The van der Waals surface area contributed by atoms with Crippen molar-refractivity contribution in [3.63, 3.8) is 0 Å². The van der Waals surface area contributed by atoms with Gasteiger partial charge in [-0.25, -0.2) is 0 Å². The van der Waals surface area contributed by atoms with Crippen molar-refractivity contribution >= 4 is 23.4 Å².